The van der Waals surface area contributed by atoms with Crippen LogP contribution in [0.4, 0.5) is 8.78 Å². The van der Waals surface area contributed by atoms with Crippen molar-refractivity contribution in [2.24, 2.45) is 5.73 Å². The summed E-state index contributed by atoms with van der Waals surface area (Å²) in [5.74, 6) is -1.83. The predicted octanol–water partition coefficient (Wildman–Crippen LogP) is 2.77. The lowest BCUT2D eigenvalue weighted by Gasteiger charge is -2.10. The smallest absolute Gasteiger partial charge is 0.191 e. The molecule has 0 radical (unpaired) electrons. The minimum absolute atomic E-state index is 0.0930. The first kappa shape index (κ1) is 12.6. The Morgan fingerprint density at radius 1 is 1.38 bits per heavy atom. The zero-order valence-electron chi connectivity index (χ0n) is 9.22. The maximum Gasteiger partial charge on any atom is 0.191 e. The Kier molecular flexibility index (Phi) is 4.43. The first-order valence-corrected chi connectivity index (χ1v) is 5.06. The Balaban J connectivity index is 2.84. The van der Waals surface area contributed by atoms with E-state index < -0.39 is 11.6 Å². The normalized spacial score (nSPS) is 10.2. The van der Waals surface area contributed by atoms with Gasteiger partial charge in [0.25, 0.3) is 0 Å². The summed E-state index contributed by atoms with van der Waals surface area (Å²) >= 11 is 0. The molecule has 0 aliphatic heterocycles. The lowest BCUT2D eigenvalue weighted by atomic mass is 10.2. The monoisotopic (exact) mass is 227 g/mol. The zero-order valence-corrected chi connectivity index (χ0v) is 9.22. The second-order valence-corrected chi connectivity index (χ2v) is 3.48. The van der Waals surface area contributed by atoms with Crippen molar-refractivity contribution >= 4 is 0 Å². The summed E-state index contributed by atoms with van der Waals surface area (Å²) in [6.45, 7) is 5.80. The summed E-state index contributed by atoms with van der Waals surface area (Å²) in [5.41, 5.74) is 6.47. The summed E-state index contributed by atoms with van der Waals surface area (Å²) in [6, 6.07) is 2.35. The largest absolute Gasteiger partial charge is 0.483 e. The summed E-state index contributed by atoms with van der Waals surface area (Å²) in [4.78, 5) is 0. The maximum absolute atomic E-state index is 13.4. The average molecular weight is 227 g/mol. The molecule has 1 rings (SSSR count). The topological polar surface area (TPSA) is 35.2 Å². The van der Waals surface area contributed by atoms with Gasteiger partial charge in [-0.3, -0.25) is 0 Å². The summed E-state index contributed by atoms with van der Waals surface area (Å²) < 4.78 is 31.8. The van der Waals surface area contributed by atoms with Crippen LogP contribution in [0.3, 0.4) is 0 Å². The van der Waals surface area contributed by atoms with Crippen LogP contribution in [-0.4, -0.2) is 6.61 Å². The fourth-order valence-corrected chi connectivity index (χ4v) is 1.14. The SMILES string of the molecule is C=C(CC)COc1c(F)cc(CN)cc1F. The molecule has 4 heteroatoms. The summed E-state index contributed by atoms with van der Waals surface area (Å²) in [7, 11) is 0. The molecule has 0 amide bonds. The van der Waals surface area contributed by atoms with E-state index in [0.717, 1.165) is 5.57 Å². The maximum atomic E-state index is 13.4. The Labute approximate surface area is 93.7 Å². The highest BCUT2D eigenvalue weighted by molar-refractivity contribution is 5.31. The lowest BCUT2D eigenvalue weighted by Crippen LogP contribution is -2.05. The van der Waals surface area contributed by atoms with Crippen molar-refractivity contribution in [1.29, 1.82) is 0 Å². The molecule has 1 aromatic rings. The van der Waals surface area contributed by atoms with Gasteiger partial charge in [0.15, 0.2) is 17.4 Å². The molecule has 88 valence electrons. The fourth-order valence-electron chi connectivity index (χ4n) is 1.14. The van der Waals surface area contributed by atoms with Gasteiger partial charge < -0.3 is 10.5 Å². The fraction of sp³-hybridized carbons (Fsp3) is 0.333. The highest BCUT2D eigenvalue weighted by atomic mass is 19.1. The van der Waals surface area contributed by atoms with Gasteiger partial charge in [0.2, 0.25) is 0 Å². The molecule has 0 aromatic heterocycles. The molecule has 0 aliphatic carbocycles. The molecule has 0 atom stereocenters. The van der Waals surface area contributed by atoms with Crippen LogP contribution in [0.15, 0.2) is 24.3 Å². The van der Waals surface area contributed by atoms with E-state index in [1.165, 1.54) is 12.1 Å². The van der Waals surface area contributed by atoms with E-state index in [-0.39, 0.29) is 18.9 Å². The first-order valence-electron chi connectivity index (χ1n) is 5.06. The number of halogens is 2. The van der Waals surface area contributed by atoms with Crippen LogP contribution in [0, 0.1) is 11.6 Å². The van der Waals surface area contributed by atoms with Gasteiger partial charge in [0.1, 0.15) is 6.61 Å². The number of rotatable bonds is 5. The Morgan fingerprint density at radius 3 is 2.38 bits per heavy atom. The van der Waals surface area contributed by atoms with Crippen LogP contribution < -0.4 is 10.5 Å². The second kappa shape index (κ2) is 5.61. The minimum atomic E-state index is -0.732. The number of ether oxygens (including phenoxy) is 1. The van der Waals surface area contributed by atoms with Crippen molar-refractivity contribution in [3.63, 3.8) is 0 Å². The van der Waals surface area contributed by atoms with Crippen molar-refractivity contribution in [3.8, 4) is 5.75 Å². The minimum Gasteiger partial charge on any atom is -0.483 e. The highest BCUT2D eigenvalue weighted by Gasteiger charge is 2.12. The van der Waals surface area contributed by atoms with Crippen LogP contribution >= 0.6 is 0 Å². The third-order valence-electron chi connectivity index (χ3n) is 2.21. The van der Waals surface area contributed by atoms with Crippen LogP contribution in [-0.2, 0) is 6.54 Å². The van der Waals surface area contributed by atoms with Crippen molar-refractivity contribution < 1.29 is 13.5 Å². The number of benzene rings is 1. The molecule has 0 heterocycles. The quantitative estimate of drug-likeness (QED) is 0.785. The molecule has 0 unspecified atom stereocenters. The molecule has 0 spiro atoms. The van der Waals surface area contributed by atoms with Gasteiger partial charge in [-0.2, -0.15) is 0 Å². The van der Waals surface area contributed by atoms with Gasteiger partial charge in [-0.1, -0.05) is 13.5 Å². The van der Waals surface area contributed by atoms with E-state index >= 15 is 0 Å². The molecule has 2 N–H and O–H groups in total. The standard InChI is InChI=1S/C12H15F2NO/c1-3-8(2)7-16-12-10(13)4-9(6-15)5-11(12)14/h4-5H,2-3,6-7,15H2,1H3. The lowest BCUT2D eigenvalue weighted by molar-refractivity contribution is 0.310. The van der Waals surface area contributed by atoms with Gasteiger partial charge in [0, 0.05) is 6.54 Å². The zero-order chi connectivity index (χ0) is 12.1. The molecular formula is C12H15F2NO. The third kappa shape index (κ3) is 3.03. The van der Waals surface area contributed by atoms with Gasteiger partial charge in [0.05, 0.1) is 0 Å². The summed E-state index contributed by atoms with van der Waals surface area (Å²) in [5, 5.41) is 0. The Hall–Kier alpha value is -1.42. The van der Waals surface area contributed by atoms with E-state index in [2.05, 4.69) is 6.58 Å². The number of nitrogens with two attached hydrogens (primary N) is 1. The molecule has 16 heavy (non-hydrogen) atoms. The van der Waals surface area contributed by atoms with Crippen molar-refractivity contribution in [3.05, 3.63) is 41.5 Å². The molecule has 0 aliphatic rings. The van der Waals surface area contributed by atoms with Gasteiger partial charge >= 0.3 is 0 Å². The Bertz CT molecular complexity index is 368. The van der Waals surface area contributed by atoms with Crippen LogP contribution in [0.1, 0.15) is 18.9 Å². The van der Waals surface area contributed by atoms with Gasteiger partial charge in [-0.25, -0.2) is 8.78 Å². The number of hydrogen-bond acceptors (Lipinski definition) is 2. The predicted molar refractivity (Wildman–Crippen MR) is 59.2 cm³/mol. The van der Waals surface area contributed by atoms with E-state index in [4.69, 9.17) is 10.5 Å². The van der Waals surface area contributed by atoms with E-state index in [1.807, 2.05) is 6.92 Å². The van der Waals surface area contributed by atoms with E-state index in [0.29, 0.717) is 12.0 Å². The molecular weight excluding hydrogens is 212 g/mol. The third-order valence-corrected chi connectivity index (χ3v) is 2.21. The van der Waals surface area contributed by atoms with Crippen LogP contribution in [0.5, 0.6) is 5.75 Å². The Morgan fingerprint density at radius 2 is 1.94 bits per heavy atom. The van der Waals surface area contributed by atoms with E-state index in [1.54, 1.807) is 0 Å². The molecule has 0 saturated carbocycles. The molecule has 0 bridgehead atoms. The van der Waals surface area contributed by atoms with Crippen molar-refractivity contribution in [1.82, 2.24) is 0 Å². The van der Waals surface area contributed by atoms with E-state index in [9.17, 15) is 8.78 Å². The average Bonchev–Trinajstić information content (AvgIpc) is 2.27. The van der Waals surface area contributed by atoms with Gasteiger partial charge in [-0.05, 0) is 29.7 Å². The van der Waals surface area contributed by atoms with Crippen LogP contribution in [0.25, 0.3) is 0 Å². The molecule has 0 fully saturated rings. The molecule has 2 nitrogen and oxygen atoms in total. The highest BCUT2D eigenvalue weighted by Crippen LogP contribution is 2.23. The van der Waals surface area contributed by atoms with Crippen molar-refractivity contribution in [2.45, 2.75) is 19.9 Å². The molecule has 0 saturated heterocycles. The second-order valence-electron chi connectivity index (χ2n) is 3.48. The summed E-state index contributed by atoms with van der Waals surface area (Å²) in [6.07, 6.45) is 0.712. The number of hydrogen-bond donors (Lipinski definition) is 1. The first-order chi connectivity index (χ1) is 7.58. The van der Waals surface area contributed by atoms with Gasteiger partial charge in [-0.15, -0.1) is 0 Å². The van der Waals surface area contributed by atoms with Crippen molar-refractivity contribution in [2.75, 3.05) is 6.61 Å². The van der Waals surface area contributed by atoms with Crippen LogP contribution in [0.2, 0.25) is 0 Å². The molecule has 1 aromatic carbocycles.